The van der Waals surface area contributed by atoms with Crippen molar-refractivity contribution in [2.75, 3.05) is 14.2 Å². The zero-order valence-electron chi connectivity index (χ0n) is 10.2. The van der Waals surface area contributed by atoms with Gasteiger partial charge >= 0.3 is 5.69 Å². The molecule has 1 aromatic carbocycles. The molecule has 0 fully saturated rings. The Morgan fingerprint density at radius 1 is 1.35 bits per heavy atom. The third kappa shape index (κ3) is 2.05. The van der Waals surface area contributed by atoms with Crippen LogP contribution in [0.15, 0.2) is 12.1 Å². The van der Waals surface area contributed by atoms with Gasteiger partial charge in [-0.2, -0.15) is 0 Å². The largest absolute Gasteiger partial charge is 0.493 e. The Labute approximate surface area is 99.8 Å². The van der Waals surface area contributed by atoms with Crippen molar-refractivity contribution in [3.8, 4) is 11.5 Å². The van der Waals surface area contributed by atoms with Crippen molar-refractivity contribution in [1.82, 2.24) is 0 Å². The first kappa shape index (κ1) is 11.7. The van der Waals surface area contributed by atoms with Crippen LogP contribution >= 0.6 is 0 Å². The zero-order chi connectivity index (χ0) is 12.4. The molecule has 92 valence electrons. The Hall–Kier alpha value is -1.78. The van der Waals surface area contributed by atoms with Gasteiger partial charge < -0.3 is 9.47 Å². The Morgan fingerprint density at radius 3 is 2.59 bits per heavy atom. The Kier molecular flexibility index (Phi) is 3.17. The SMILES string of the molecule is CCC1Cc2cc(OC)c(OC)cc2[N+](=O)O1. The molecule has 1 atom stereocenters. The lowest BCUT2D eigenvalue weighted by molar-refractivity contribution is -0.761. The number of nitrogens with zero attached hydrogens (tertiary/aromatic N) is 1. The first-order valence-electron chi connectivity index (χ1n) is 5.58. The first-order chi connectivity index (χ1) is 8.19. The summed E-state index contributed by atoms with van der Waals surface area (Å²) in [6.45, 7) is 1.99. The maximum atomic E-state index is 11.7. The number of hydrogen-bond donors (Lipinski definition) is 0. The maximum Gasteiger partial charge on any atom is 0.324 e. The van der Waals surface area contributed by atoms with Crippen LogP contribution in [0.3, 0.4) is 0 Å². The van der Waals surface area contributed by atoms with E-state index >= 15 is 0 Å². The molecule has 0 aromatic heterocycles. The van der Waals surface area contributed by atoms with Gasteiger partial charge in [0.1, 0.15) is 0 Å². The summed E-state index contributed by atoms with van der Waals surface area (Å²) in [7, 11) is 3.12. The molecule has 1 aliphatic heterocycles. The van der Waals surface area contributed by atoms with E-state index < -0.39 is 0 Å². The quantitative estimate of drug-likeness (QED) is 0.811. The number of hydrogen-bond acceptors (Lipinski definition) is 4. The van der Waals surface area contributed by atoms with Crippen molar-refractivity contribution in [1.29, 1.82) is 0 Å². The minimum Gasteiger partial charge on any atom is -0.493 e. The molecule has 0 bridgehead atoms. The summed E-state index contributed by atoms with van der Waals surface area (Å²) >= 11 is 0. The highest BCUT2D eigenvalue weighted by molar-refractivity contribution is 5.54. The zero-order valence-corrected chi connectivity index (χ0v) is 10.2. The highest BCUT2D eigenvalue weighted by atomic mass is 16.8. The van der Waals surface area contributed by atoms with Crippen LogP contribution in [0.4, 0.5) is 5.69 Å². The second kappa shape index (κ2) is 4.61. The van der Waals surface area contributed by atoms with Crippen molar-refractivity contribution in [2.45, 2.75) is 25.9 Å². The smallest absolute Gasteiger partial charge is 0.324 e. The highest BCUT2D eigenvalue weighted by Gasteiger charge is 2.35. The number of rotatable bonds is 3. The molecule has 2 rings (SSSR count). The molecule has 1 unspecified atom stereocenters. The summed E-state index contributed by atoms with van der Waals surface area (Å²) in [5, 5.41) is 0. The second-order valence-corrected chi connectivity index (χ2v) is 3.93. The van der Waals surface area contributed by atoms with Gasteiger partial charge in [-0.3, -0.25) is 0 Å². The second-order valence-electron chi connectivity index (χ2n) is 3.93. The third-order valence-corrected chi connectivity index (χ3v) is 2.93. The Bertz CT molecular complexity index is 444. The van der Waals surface area contributed by atoms with Crippen molar-refractivity contribution in [2.24, 2.45) is 0 Å². The summed E-state index contributed by atoms with van der Waals surface area (Å²) in [5.74, 6) is 1.17. The van der Waals surface area contributed by atoms with Crippen LogP contribution in [0, 0.1) is 4.91 Å². The van der Waals surface area contributed by atoms with Crippen LogP contribution in [-0.4, -0.2) is 25.2 Å². The van der Waals surface area contributed by atoms with E-state index in [2.05, 4.69) is 0 Å². The fourth-order valence-electron chi connectivity index (χ4n) is 1.94. The fourth-order valence-corrected chi connectivity index (χ4v) is 1.94. The molecular weight excluding hydrogens is 222 g/mol. The number of benzene rings is 1. The predicted molar refractivity (Wildman–Crippen MR) is 61.7 cm³/mol. The first-order valence-corrected chi connectivity index (χ1v) is 5.58. The van der Waals surface area contributed by atoms with E-state index in [4.69, 9.17) is 14.3 Å². The van der Waals surface area contributed by atoms with Gasteiger partial charge in [0, 0.05) is 12.0 Å². The van der Waals surface area contributed by atoms with Gasteiger partial charge in [-0.15, -0.1) is 0 Å². The standard InChI is InChI=1S/C12H16NO4/c1-4-9-5-8-6-11(15-2)12(16-3)7-10(8)13(14)17-9/h6-7,9H,4-5H2,1-3H3/q+1. The van der Waals surface area contributed by atoms with Crippen LogP contribution in [-0.2, 0) is 11.3 Å². The minimum atomic E-state index is -0.0712. The summed E-state index contributed by atoms with van der Waals surface area (Å²) in [6, 6.07) is 3.48. The molecule has 0 amide bonds. The lowest BCUT2D eigenvalue weighted by atomic mass is 10.0. The number of ether oxygens (including phenoxy) is 2. The molecule has 0 saturated carbocycles. The van der Waals surface area contributed by atoms with Crippen molar-refractivity contribution in [3.63, 3.8) is 0 Å². The van der Waals surface area contributed by atoms with E-state index in [1.165, 1.54) is 7.11 Å². The molecule has 17 heavy (non-hydrogen) atoms. The van der Waals surface area contributed by atoms with Crippen molar-refractivity contribution in [3.05, 3.63) is 22.6 Å². The van der Waals surface area contributed by atoms with Crippen molar-refractivity contribution >= 4 is 5.69 Å². The molecule has 1 heterocycles. The monoisotopic (exact) mass is 238 g/mol. The van der Waals surface area contributed by atoms with Gasteiger partial charge in [-0.05, 0) is 12.5 Å². The summed E-state index contributed by atoms with van der Waals surface area (Å²) < 4.78 is 10.4. The minimum absolute atomic E-state index is 0.0712. The van der Waals surface area contributed by atoms with Crippen LogP contribution < -0.4 is 9.47 Å². The Balaban J connectivity index is 2.46. The van der Waals surface area contributed by atoms with Crippen LogP contribution in [0.2, 0.25) is 0 Å². The molecule has 0 aliphatic carbocycles. The molecule has 0 N–H and O–H groups in total. The van der Waals surface area contributed by atoms with Gasteiger partial charge in [0.05, 0.1) is 25.2 Å². The van der Waals surface area contributed by atoms with E-state index in [1.54, 1.807) is 13.2 Å². The molecule has 5 nitrogen and oxygen atoms in total. The van der Waals surface area contributed by atoms with E-state index in [0.29, 0.717) is 28.5 Å². The van der Waals surface area contributed by atoms with Gasteiger partial charge in [0.2, 0.25) is 0 Å². The van der Waals surface area contributed by atoms with E-state index in [1.807, 2.05) is 13.0 Å². The lowest BCUT2D eigenvalue weighted by Crippen LogP contribution is -2.25. The highest BCUT2D eigenvalue weighted by Crippen LogP contribution is 2.37. The maximum absolute atomic E-state index is 11.7. The van der Waals surface area contributed by atoms with Gasteiger partial charge in [0.25, 0.3) is 4.92 Å². The molecule has 0 radical (unpaired) electrons. The van der Waals surface area contributed by atoms with Crippen LogP contribution in [0.25, 0.3) is 0 Å². The summed E-state index contributed by atoms with van der Waals surface area (Å²) in [4.78, 5) is 17.5. The molecule has 0 saturated heterocycles. The summed E-state index contributed by atoms with van der Waals surface area (Å²) in [5.41, 5.74) is 1.42. The van der Waals surface area contributed by atoms with Crippen molar-refractivity contribution < 1.29 is 19.2 Å². The summed E-state index contributed by atoms with van der Waals surface area (Å²) in [6.07, 6.45) is 1.44. The Morgan fingerprint density at radius 2 is 2.00 bits per heavy atom. The van der Waals surface area contributed by atoms with Gasteiger partial charge in [-0.1, -0.05) is 6.92 Å². The number of methoxy groups -OCH3 is 2. The molecule has 0 spiro atoms. The fraction of sp³-hybridized carbons (Fsp3) is 0.500. The van der Waals surface area contributed by atoms with E-state index in [9.17, 15) is 4.91 Å². The predicted octanol–water partition coefficient (Wildman–Crippen LogP) is 2.38. The van der Waals surface area contributed by atoms with E-state index in [-0.39, 0.29) is 6.10 Å². The topological polar surface area (TPSA) is 47.8 Å². The van der Waals surface area contributed by atoms with Crippen LogP contribution in [0.1, 0.15) is 18.9 Å². The van der Waals surface area contributed by atoms with E-state index in [0.717, 1.165) is 12.0 Å². The van der Waals surface area contributed by atoms with Gasteiger partial charge in [0.15, 0.2) is 17.6 Å². The average Bonchev–Trinajstić information content (AvgIpc) is 2.36. The lowest BCUT2D eigenvalue weighted by Gasteiger charge is -2.17. The third-order valence-electron chi connectivity index (χ3n) is 2.93. The molecular formula is C12H16NO4+. The van der Waals surface area contributed by atoms with Crippen LogP contribution in [0.5, 0.6) is 11.5 Å². The average molecular weight is 238 g/mol. The molecule has 1 aromatic rings. The molecule has 1 aliphatic rings. The van der Waals surface area contributed by atoms with Gasteiger partial charge in [-0.25, -0.2) is 4.84 Å². The molecule has 5 heteroatoms. The number of fused-ring (bicyclic) bond motifs is 1. The normalized spacial score (nSPS) is 18.3.